The zero-order chi connectivity index (χ0) is 15.4. The molecule has 0 radical (unpaired) electrons. The molecule has 2 rings (SSSR count). The molecule has 0 fully saturated rings. The second-order valence-corrected chi connectivity index (χ2v) is 4.81. The van der Waals surface area contributed by atoms with Crippen molar-refractivity contribution in [1.29, 1.82) is 0 Å². The molecule has 0 amide bonds. The second kappa shape index (κ2) is 6.27. The van der Waals surface area contributed by atoms with E-state index in [1.165, 1.54) is 14.2 Å². The number of aryl methyl sites for hydroxylation is 1. The van der Waals surface area contributed by atoms with Crippen LogP contribution in [-0.4, -0.2) is 24.4 Å². The molecule has 2 N–H and O–H groups in total. The first-order chi connectivity index (χ1) is 10.0. The van der Waals surface area contributed by atoms with Gasteiger partial charge in [0.25, 0.3) is 0 Å². The number of methoxy groups -OCH3 is 2. The van der Waals surface area contributed by atoms with E-state index in [1.807, 2.05) is 6.92 Å². The van der Waals surface area contributed by atoms with Crippen molar-refractivity contribution in [3.63, 3.8) is 0 Å². The third-order valence-corrected chi connectivity index (χ3v) is 3.38. The number of allylic oxidation sites excluding steroid dienone is 2. The summed E-state index contributed by atoms with van der Waals surface area (Å²) < 4.78 is 10.1. The van der Waals surface area contributed by atoms with Crippen LogP contribution in [0.1, 0.15) is 11.1 Å². The van der Waals surface area contributed by atoms with Gasteiger partial charge in [0.05, 0.1) is 14.2 Å². The molecule has 1 aromatic rings. The second-order valence-electron chi connectivity index (χ2n) is 4.81. The van der Waals surface area contributed by atoms with Crippen molar-refractivity contribution in [3.8, 4) is 23.3 Å². The van der Waals surface area contributed by atoms with Crippen LogP contribution in [0.4, 0.5) is 0 Å². The molecule has 1 atom stereocenters. The van der Waals surface area contributed by atoms with Gasteiger partial charge in [0.1, 0.15) is 0 Å². The van der Waals surface area contributed by atoms with Crippen LogP contribution >= 0.6 is 0 Å². The number of ether oxygens (including phenoxy) is 2. The van der Waals surface area contributed by atoms with Gasteiger partial charge in [0, 0.05) is 12.0 Å². The summed E-state index contributed by atoms with van der Waals surface area (Å²) in [5, 5.41) is 19.8. The fourth-order valence-corrected chi connectivity index (χ4v) is 2.21. The number of hydrogen-bond donors (Lipinski definition) is 2. The number of benzene rings is 1. The van der Waals surface area contributed by atoms with Crippen molar-refractivity contribution in [3.05, 3.63) is 46.9 Å². The molecule has 1 aliphatic carbocycles. The van der Waals surface area contributed by atoms with Crippen LogP contribution in [-0.2, 0) is 11.2 Å². The maximum atomic E-state index is 9.92. The summed E-state index contributed by atoms with van der Waals surface area (Å²) in [6, 6.07) is 3.47. The van der Waals surface area contributed by atoms with Gasteiger partial charge in [-0.3, -0.25) is 0 Å². The standard InChI is InChI=1S/C17H18O4/c1-11-7-17(21-3)15(19)10-13(11)8-12-5-4-6-16(20-2)14(18)9-12/h6-7,9-10,12,18-19H,8H2,1-3H3. The summed E-state index contributed by atoms with van der Waals surface area (Å²) in [7, 11) is 3.01. The van der Waals surface area contributed by atoms with Gasteiger partial charge >= 0.3 is 0 Å². The molecule has 4 nitrogen and oxygen atoms in total. The van der Waals surface area contributed by atoms with Crippen LogP contribution in [0.5, 0.6) is 11.5 Å². The van der Waals surface area contributed by atoms with Gasteiger partial charge in [0.2, 0.25) is 0 Å². The molecule has 0 saturated heterocycles. The van der Waals surface area contributed by atoms with E-state index in [1.54, 1.807) is 24.3 Å². The molecule has 21 heavy (non-hydrogen) atoms. The van der Waals surface area contributed by atoms with Crippen LogP contribution in [0, 0.1) is 24.7 Å². The first kappa shape index (κ1) is 14.9. The van der Waals surface area contributed by atoms with E-state index in [0.717, 1.165) is 11.1 Å². The number of phenols is 1. The molecular formula is C17H18O4. The Hall–Kier alpha value is -2.54. The van der Waals surface area contributed by atoms with E-state index in [-0.39, 0.29) is 17.4 Å². The van der Waals surface area contributed by atoms with E-state index < -0.39 is 0 Å². The van der Waals surface area contributed by atoms with E-state index in [9.17, 15) is 10.2 Å². The summed E-state index contributed by atoms with van der Waals surface area (Å²) >= 11 is 0. The molecule has 1 aromatic carbocycles. The van der Waals surface area contributed by atoms with Gasteiger partial charge in [0.15, 0.2) is 23.0 Å². The minimum Gasteiger partial charge on any atom is -0.504 e. The molecule has 1 aliphatic rings. The predicted molar refractivity (Wildman–Crippen MR) is 80.2 cm³/mol. The molecule has 110 valence electrons. The van der Waals surface area contributed by atoms with Gasteiger partial charge in [-0.15, -0.1) is 0 Å². The summed E-state index contributed by atoms with van der Waals surface area (Å²) in [5.74, 6) is 6.74. The van der Waals surface area contributed by atoms with Crippen LogP contribution in [0.3, 0.4) is 0 Å². The molecule has 0 aliphatic heterocycles. The molecular weight excluding hydrogens is 268 g/mol. The third kappa shape index (κ3) is 3.32. The lowest BCUT2D eigenvalue weighted by Crippen LogP contribution is -2.03. The Morgan fingerprint density at radius 2 is 1.95 bits per heavy atom. The predicted octanol–water partition coefficient (Wildman–Crippen LogP) is 2.86. The molecule has 4 heteroatoms. The van der Waals surface area contributed by atoms with E-state index in [4.69, 9.17) is 9.47 Å². The molecule has 0 aromatic heterocycles. The lowest BCUT2D eigenvalue weighted by molar-refractivity contribution is 0.255. The van der Waals surface area contributed by atoms with Crippen molar-refractivity contribution in [2.45, 2.75) is 13.3 Å². The number of phenolic OH excluding ortho intramolecular Hbond substituents is 1. The average Bonchev–Trinajstić information content (AvgIpc) is 2.63. The van der Waals surface area contributed by atoms with Gasteiger partial charge in [-0.2, -0.15) is 0 Å². The van der Waals surface area contributed by atoms with Crippen LogP contribution in [0.25, 0.3) is 0 Å². The molecule has 0 bridgehead atoms. The Morgan fingerprint density at radius 3 is 2.62 bits per heavy atom. The number of aliphatic hydroxyl groups excluding tert-OH is 1. The molecule has 1 unspecified atom stereocenters. The highest BCUT2D eigenvalue weighted by Crippen LogP contribution is 2.30. The third-order valence-electron chi connectivity index (χ3n) is 3.38. The molecule has 0 spiro atoms. The maximum Gasteiger partial charge on any atom is 0.168 e. The number of rotatable bonds is 4. The summed E-state index contributed by atoms with van der Waals surface area (Å²) in [6.45, 7) is 1.95. The van der Waals surface area contributed by atoms with Gasteiger partial charge < -0.3 is 19.7 Å². The zero-order valence-corrected chi connectivity index (χ0v) is 12.3. The van der Waals surface area contributed by atoms with Crippen LogP contribution in [0.15, 0.2) is 35.8 Å². The highest BCUT2D eigenvalue weighted by Gasteiger charge is 2.14. The normalized spacial score (nSPS) is 17.0. The Morgan fingerprint density at radius 1 is 1.19 bits per heavy atom. The zero-order valence-electron chi connectivity index (χ0n) is 12.3. The van der Waals surface area contributed by atoms with Crippen molar-refractivity contribution in [2.75, 3.05) is 14.2 Å². The Bertz CT molecular complexity index is 659. The SMILES string of the molecule is COC1=CC#CC(Cc2cc(O)c(OC)cc2C)C=C1O. The monoisotopic (exact) mass is 286 g/mol. The molecule has 0 heterocycles. The van der Waals surface area contributed by atoms with Gasteiger partial charge in [-0.1, -0.05) is 11.8 Å². The smallest absolute Gasteiger partial charge is 0.168 e. The summed E-state index contributed by atoms with van der Waals surface area (Å²) in [4.78, 5) is 0. The van der Waals surface area contributed by atoms with Crippen LogP contribution < -0.4 is 4.74 Å². The number of aliphatic hydroxyl groups is 1. The lowest BCUT2D eigenvalue weighted by atomic mass is 9.95. The Kier molecular flexibility index (Phi) is 4.44. The Balaban J connectivity index is 2.25. The minimum atomic E-state index is -0.152. The first-order valence-corrected chi connectivity index (χ1v) is 6.58. The van der Waals surface area contributed by atoms with E-state index in [0.29, 0.717) is 17.9 Å². The van der Waals surface area contributed by atoms with Crippen molar-refractivity contribution < 1.29 is 19.7 Å². The largest absolute Gasteiger partial charge is 0.504 e. The summed E-state index contributed by atoms with van der Waals surface area (Å²) in [5.41, 5.74) is 1.96. The Labute approximate surface area is 124 Å². The minimum absolute atomic E-state index is 0.0652. The fourth-order valence-electron chi connectivity index (χ4n) is 2.21. The summed E-state index contributed by atoms with van der Waals surface area (Å²) in [6.07, 6.45) is 3.80. The topological polar surface area (TPSA) is 58.9 Å². The quantitative estimate of drug-likeness (QED) is 0.836. The fraction of sp³-hybridized carbons (Fsp3) is 0.294. The molecule has 0 saturated carbocycles. The van der Waals surface area contributed by atoms with Crippen molar-refractivity contribution in [2.24, 2.45) is 5.92 Å². The highest BCUT2D eigenvalue weighted by atomic mass is 16.5. The number of aromatic hydroxyl groups is 1. The number of hydrogen-bond acceptors (Lipinski definition) is 4. The van der Waals surface area contributed by atoms with E-state index in [2.05, 4.69) is 11.8 Å². The van der Waals surface area contributed by atoms with Crippen LogP contribution in [0.2, 0.25) is 0 Å². The van der Waals surface area contributed by atoms with Crippen molar-refractivity contribution >= 4 is 0 Å². The average molecular weight is 286 g/mol. The maximum absolute atomic E-state index is 9.92. The highest BCUT2D eigenvalue weighted by molar-refractivity contribution is 5.47. The van der Waals surface area contributed by atoms with E-state index >= 15 is 0 Å². The first-order valence-electron chi connectivity index (χ1n) is 6.58. The lowest BCUT2D eigenvalue weighted by Gasteiger charge is -2.12. The van der Waals surface area contributed by atoms with Crippen molar-refractivity contribution in [1.82, 2.24) is 0 Å². The van der Waals surface area contributed by atoms with Gasteiger partial charge in [-0.05, 0) is 42.7 Å². The van der Waals surface area contributed by atoms with Gasteiger partial charge in [-0.25, -0.2) is 0 Å².